The van der Waals surface area contributed by atoms with Crippen LogP contribution in [0, 0.1) is 0 Å². The third-order valence-electron chi connectivity index (χ3n) is 2.34. The molecule has 0 spiro atoms. The Morgan fingerprint density at radius 2 is 2.16 bits per heavy atom. The molecule has 100 valence electrons. The molecule has 1 aromatic rings. The first-order valence-electron chi connectivity index (χ1n) is 5.36. The van der Waals surface area contributed by atoms with E-state index in [0.717, 1.165) is 0 Å². The van der Waals surface area contributed by atoms with Crippen LogP contribution in [0.25, 0.3) is 0 Å². The molecule has 0 saturated heterocycles. The van der Waals surface area contributed by atoms with Gasteiger partial charge in [-0.25, -0.2) is 4.79 Å². The van der Waals surface area contributed by atoms with Crippen molar-refractivity contribution >= 4 is 34.9 Å². The van der Waals surface area contributed by atoms with E-state index in [-0.39, 0.29) is 0 Å². The zero-order valence-corrected chi connectivity index (χ0v) is 10.8. The van der Waals surface area contributed by atoms with E-state index < -0.39 is 6.09 Å². The summed E-state index contributed by atoms with van der Waals surface area (Å²) in [6.07, 6.45) is 0.473. The van der Waals surface area contributed by atoms with Crippen LogP contribution in [0.3, 0.4) is 0 Å². The van der Waals surface area contributed by atoms with E-state index >= 15 is 0 Å². The summed E-state index contributed by atoms with van der Waals surface area (Å²) in [6.45, 7) is 0. The van der Waals surface area contributed by atoms with E-state index in [2.05, 4.69) is 21.2 Å². The molecule has 2 rings (SSSR count). The molecule has 0 fully saturated rings. The number of para-hydroxylation sites is 2. The topological polar surface area (TPSA) is 89.0 Å². The van der Waals surface area contributed by atoms with Crippen molar-refractivity contribution in [3.8, 4) is 0 Å². The highest BCUT2D eigenvalue weighted by Gasteiger charge is 2.17. The second kappa shape index (κ2) is 5.49. The maximum Gasteiger partial charge on any atom is 0.409 e. The highest BCUT2D eigenvalue weighted by molar-refractivity contribution is 6.31. The molecule has 4 N–H and O–H groups in total. The molecule has 0 unspecified atom stereocenters. The third-order valence-corrected chi connectivity index (χ3v) is 2.53. The number of carboxylic acid groups (broad SMARTS) is 1. The minimum absolute atomic E-state index is 0.365. The average Bonchev–Trinajstić information content (AvgIpc) is 2.38. The summed E-state index contributed by atoms with van der Waals surface area (Å²) in [5, 5.41) is 13.0. The van der Waals surface area contributed by atoms with Crippen LogP contribution in [-0.2, 0) is 0 Å². The Hall–Kier alpha value is -2.41. The third kappa shape index (κ3) is 3.08. The highest BCUT2D eigenvalue weighted by Crippen LogP contribution is 2.24. The molecular formula is C11H12ClN5O2. The van der Waals surface area contributed by atoms with Crippen molar-refractivity contribution in [1.29, 1.82) is 0 Å². The van der Waals surface area contributed by atoms with E-state index in [1.807, 2.05) is 0 Å². The molecule has 1 aliphatic rings. The van der Waals surface area contributed by atoms with Gasteiger partial charge in [-0.2, -0.15) is 5.12 Å². The van der Waals surface area contributed by atoms with Gasteiger partial charge in [-0.3, -0.25) is 21.2 Å². The Morgan fingerprint density at radius 1 is 1.42 bits per heavy atom. The maximum absolute atomic E-state index is 10.8. The van der Waals surface area contributed by atoms with Gasteiger partial charge in [-0.1, -0.05) is 23.7 Å². The SMILES string of the molecule is CN=C1C=C(Cl)NN(c2ccccc2NC(=O)O)N1. The number of amides is 1. The number of hydrogen-bond acceptors (Lipinski definition) is 4. The van der Waals surface area contributed by atoms with Gasteiger partial charge in [0.25, 0.3) is 0 Å². The molecule has 0 saturated carbocycles. The van der Waals surface area contributed by atoms with Crippen LogP contribution >= 0.6 is 11.6 Å². The number of nitrogens with one attached hydrogen (secondary N) is 3. The zero-order chi connectivity index (χ0) is 13.8. The van der Waals surface area contributed by atoms with Crippen LogP contribution in [0.4, 0.5) is 16.2 Å². The molecule has 1 heterocycles. The number of aliphatic imine (C=N–C) groups is 1. The first-order valence-corrected chi connectivity index (χ1v) is 5.74. The summed E-state index contributed by atoms with van der Waals surface area (Å²) in [7, 11) is 1.62. The van der Waals surface area contributed by atoms with Crippen LogP contribution < -0.4 is 21.3 Å². The fraction of sp³-hybridized carbons (Fsp3) is 0.0909. The van der Waals surface area contributed by atoms with Crippen molar-refractivity contribution in [1.82, 2.24) is 10.9 Å². The Morgan fingerprint density at radius 3 is 2.84 bits per heavy atom. The van der Waals surface area contributed by atoms with Crippen molar-refractivity contribution in [3.63, 3.8) is 0 Å². The predicted molar refractivity (Wildman–Crippen MR) is 74.1 cm³/mol. The van der Waals surface area contributed by atoms with E-state index in [1.54, 1.807) is 37.4 Å². The summed E-state index contributed by atoms with van der Waals surface area (Å²) >= 11 is 5.94. The smallest absolute Gasteiger partial charge is 0.409 e. The van der Waals surface area contributed by atoms with Crippen LogP contribution in [0.2, 0.25) is 0 Å². The fourth-order valence-corrected chi connectivity index (χ4v) is 1.75. The molecule has 1 aliphatic heterocycles. The number of anilines is 2. The second-order valence-electron chi connectivity index (χ2n) is 3.61. The number of hydrazine groups is 2. The van der Waals surface area contributed by atoms with Gasteiger partial charge in [0.1, 0.15) is 16.7 Å². The van der Waals surface area contributed by atoms with Crippen LogP contribution in [0.15, 0.2) is 40.5 Å². The predicted octanol–water partition coefficient (Wildman–Crippen LogP) is 1.71. The van der Waals surface area contributed by atoms with E-state index in [1.165, 1.54) is 5.12 Å². The lowest BCUT2D eigenvalue weighted by Gasteiger charge is -2.31. The van der Waals surface area contributed by atoms with Crippen molar-refractivity contribution in [3.05, 3.63) is 35.5 Å². The standard InChI is InChI=1S/C11H12ClN5O2/c1-13-10-6-9(12)15-17(16-10)8-5-3-2-4-7(8)14-11(18)19/h2-6,14-15H,1H3,(H,13,16)(H,18,19). The Balaban J connectivity index is 2.32. The first-order chi connectivity index (χ1) is 9.10. The Labute approximate surface area is 114 Å². The lowest BCUT2D eigenvalue weighted by Crippen LogP contribution is -2.53. The van der Waals surface area contributed by atoms with Crippen molar-refractivity contribution in [2.75, 3.05) is 17.5 Å². The maximum atomic E-state index is 10.8. The van der Waals surface area contributed by atoms with E-state index in [9.17, 15) is 4.79 Å². The molecule has 0 radical (unpaired) electrons. The quantitative estimate of drug-likeness (QED) is 0.620. The van der Waals surface area contributed by atoms with Gasteiger partial charge in [0.15, 0.2) is 0 Å². The molecule has 0 aliphatic carbocycles. The second-order valence-corrected chi connectivity index (χ2v) is 4.01. The number of nitrogens with zero attached hydrogens (tertiary/aromatic N) is 2. The summed E-state index contributed by atoms with van der Waals surface area (Å²) in [5.74, 6) is 0.550. The largest absolute Gasteiger partial charge is 0.465 e. The summed E-state index contributed by atoms with van der Waals surface area (Å²) < 4.78 is 0. The summed E-state index contributed by atoms with van der Waals surface area (Å²) in [4.78, 5) is 14.7. The average molecular weight is 282 g/mol. The number of benzene rings is 1. The van der Waals surface area contributed by atoms with Gasteiger partial charge in [-0.15, -0.1) is 0 Å². The van der Waals surface area contributed by atoms with Gasteiger partial charge < -0.3 is 5.11 Å². The Kier molecular flexibility index (Phi) is 3.76. The highest BCUT2D eigenvalue weighted by atomic mass is 35.5. The molecule has 19 heavy (non-hydrogen) atoms. The number of carbonyl (C=O) groups is 1. The lowest BCUT2D eigenvalue weighted by atomic mass is 10.2. The number of halogens is 1. The molecule has 0 bridgehead atoms. The minimum atomic E-state index is -1.14. The summed E-state index contributed by atoms with van der Waals surface area (Å²) in [5.41, 5.74) is 6.77. The summed E-state index contributed by atoms with van der Waals surface area (Å²) in [6, 6.07) is 6.88. The van der Waals surface area contributed by atoms with Crippen molar-refractivity contribution in [2.24, 2.45) is 4.99 Å². The normalized spacial score (nSPS) is 16.4. The Bertz CT molecular complexity index is 558. The number of rotatable bonds is 2. The number of amidine groups is 1. The monoisotopic (exact) mass is 281 g/mol. The molecule has 0 aromatic heterocycles. The molecule has 1 amide bonds. The molecule has 0 atom stereocenters. The molecule has 7 nitrogen and oxygen atoms in total. The van der Waals surface area contributed by atoms with Crippen LogP contribution in [-0.4, -0.2) is 24.1 Å². The molecular weight excluding hydrogens is 270 g/mol. The van der Waals surface area contributed by atoms with Gasteiger partial charge in [0.2, 0.25) is 0 Å². The van der Waals surface area contributed by atoms with Gasteiger partial charge in [0.05, 0.1) is 5.69 Å². The van der Waals surface area contributed by atoms with Crippen molar-refractivity contribution in [2.45, 2.75) is 0 Å². The van der Waals surface area contributed by atoms with Crippen LogP contribution in [0.5, 0.6) is 0 Å². The molecule has 1 aromatic carbocycles. The minimum Gasteiger partial charge on any atom is -0.465 e. The van der Waals surface area contributed by atoms with E-state index in [0.29, 0.717) is 22.4 Å². The fourth-order valence-electron chi connectivity index (χ4n) is 1.56. The van der Waals surface area contributed by atoms with Gasteiger partial charge in [-0.05, 0) is 12.1 Å². The zero-order valence-electron chi connectivity index (χ0n) is 10.0. The van der Waals surface area contributed by atoms with Crippen molar-refractivity contribution < 1.29 is 9.90 Å². The van der Waals surface area contributed by atoms with Gasteiger partial charge in [0, 0.05) is 13.1 Å². The molecule has 8 heteroatoms. The number of hydrogen-bond donors (Lipinski definition) is 4. The lowest BCUT2D eigenvalue weighted by molar-refractivity contribution is 0.210. The van der Waals surface area contributed by atoms with Crippen LogP contribution in [0.1, 0.15) is 0 Å². The van der Waals surface area contributed by atoms with E-state index in [4.69, 9.17) is 16.7 Å². The first kappa shape index (κ1) is 13.0. The van der Waals surface area contributed by atoms with Gasteiger partial charge >= 0.3 is 6.09 Å².